The van der Waals surface area contributed by atoms with Crippen LogP contribution in [0.5, 0.6) is 0 Å². The molecule has 47 valence electrons. The van der Waals surface area contributed by atoms with E-state index in [1.165, 1.54) is 19.2 Å². The average Bonchev–Trinajstić information content (AvgIpc) is 1.66. The van der Waals surface area contributed by atoms with E-state index in [0.29, 0.717) is 0 Å². The van der Waals surface area contributed by atoms with Crippen LogP contribution < -0.4 is 0 Å². The average molecular weight is 112 g/mol. The Morgan fingerprint density at radius 1 is 1.38 bits per heavy atom. The predicted molar refractivity (Wildman–Crippen MR) is 39.2 cm³/mol. The second-order valence-electron chi connectivity index (χ2n) is 2.29. The summed E-state index contributed by atoms with van der Waals surface area (Å²) in [5.74, 6) is 0. The Labute approximate surface area is 53.3 Å². The van der Waals surface area contributed by atoms with Gasteiger partial charge in [-0.3, -0.25) is 0 Å². The van der Waals surface area contributed by atoms with Crippen LogP contribution in [-0.2, 0) is 0 Å². The maximum absolute atomic E-state index is 2.21. The van der Waals surface area contributed by atoms with Crippen LogP contribution in [0.15, 0.2) is 0 Å². The Morgan fingerprint density at radius 3 is 2.38 bits per heavy atom. The van der Waals surface area contributed by atoms with E-state index in [0.717, 1.165) is 0 Å². The molecule has 0 aromatic carbocycles. The molecule has 0 spiro atoms. The summed E-state index contributed by atoms with van der Waals surface area (Å²) in [6.45, 7) is 2.21. The summed E-state index contributed by atoms with van der Waals surface area (Å²) in [7, 11) is 6.34. The summed E-state index contributed by atoms with van der Waals surface area (Å²) in [5, 5.41) is 0. The summed E-state index contributed by atoms with van der Waals surface area (Å²) < 4.78 is 0. The molecule has 2 heteroatoms. The summed E-state index contributed by atoms with van der Waals surface area (Å²) in [6.07, 6.45) is 3.84. The Balaban J connectivity index is 2.72. The fourth-order valence-corrected chi connectivity index (χ4v) is 0.554. The van der Waals surface area contributed by atoms with Gasteiger partial charge >= 0.3 is 0 Å². The van der Waals surface area contributed by atoms with Crippen LogP contribution in [0, 0.1) is 0 Å². The lowest BCUT2D eigenvalue weighted by atomic mass is 9.85. The van der Waals surface area contributed by atoms with Crippen molar-refractivity contribution in [2.45, 2.75) is 26.1 Å². The van der Waals surface area contributed by atoms with Gasteiger partial charge in [0.2, 0.25) is 7.41 Å². The van der Waals surface area contributed by atoms with Crippen LogP contribution >= 0.6 is 0 Å². The Hall–Kier alpha value is 0.0249. The van der Waals surface area contributed by atoms with Gasteiger partial charge in [0.05, 0.1) is 0 Å². The lowest BCUT2D eigenvalue weighted by molar-refractivity contribution is 0.651. The minimum Gasteiger partial charge on any atom is -0.352 e. The highest BCUT2D eigenvalue weighted by Gasteiger charge is 1.90. The zero-order valence-electron chi connectivity index (χ0n) is 6.15. The fraction of sp³-hybridized carbons (Fsp3) is 1.00. The highest BCUT2D eigenvalue weighted by atomic mass is 15.0. The van der Waals surface area contributed by atoms with Crippen LogP contribution in [0.3, 0.4) is 0 Å². The third-order valence-corrected chi connectivity index (χ3v) is 1.05. The first-order valence-corrected chi connectivity index (χ1v) is 3.27. The molecule has 0 aliphatic carbocycles. The van der Waals surface area contributed by atoms with Gasteiger partial charge in [0.25, 0.3) is 0 Å². The Kier molecular flexibility index (Phi) is 5.18. The molecule has 0 rings (SSSR count). The zero-order chi connectivity index (χ0) is 6.41. The predicted octanol–water partition coefficient (Wildman–Crippen LogP) is 1.39. The molecule has 0 aromatic heterocycles. The standard InChI is InChI=1S/C6H15BN/c1-4-5-6-7-8(2)3/h4-6H2,1-3H3. The molecule has 0 aliphatic rings. The van der Waals surface area contributed by atoms with E-state index in [4.69, 9.17) is 0 Å². The van der Waals surface area contributed by atoms with Crippen molar-refractivity contribution in [2.75, 3.05) is 14.1 Å². The first kappa shape index (κ1) is 8.02. The summed E-state index contributed by atoms with van der Waals surface area (Å²) >= 11 is 0. The number of rotatable bonds is 4. The van der Waals surface area contributed by atoms with Gasteiger partial charge in [-0.05, 0) is 14.1 Å². The smallest absolute Gasteiger partial charge is 0.207 e. The molecule has 0 N–H and O–H groups in total. The van der Waals surface area contributed by atoms with Crippen molar-refractivity contribution in [1.29, 1.82) is 0 Å². The summed E-state index contributed by atoms with van der Waals surface area (Å²) in [6, 6.07) is 0. The highest BCUT2D eigenvalue weighted by molar-refractivity contribution is 6.31. The van der Waals surface area contributed by atoms with Gasteiger partial charge in [0.1, 0.15) is 0 Å². The van der Waals surface area contributed by atoms with Gasteiger partial charge in [-0.2, -0.15) is 0 Å². The van der Waals surface area contributed by atoms with Gasteiger partial charge in [-0.15, -0.1) is 0 Å². The van der Waals surface area contributed by atoms with Crippen molar-refractivity contribution < 1.29 is 0 Å². The van der Waals surface area contributed by atoms with E-state index in [2.05, 4.69) is 33.2 Å². The molecule has 0 saturated carbocycles. The Morgan fingerprint density at radius 2 is 2.00 bits per heavy atom. The molecule has 0 fully saturated rings. The van der Waals surface area contributed by atoms with E-state index < -0.39 is 0 Å². The van der Waals surface area contributed by atoms with Gasteiger partial charge < -0.3 is 4.81 Å². The summed E-state index contributed by atoms with van der Waals surface area (Å²) in [4.78, 5) is 2.11. The Bertz CT molecular complexity index is 45.8. The van der Waals surface area contributed by atoms with Crippen LogP contribution in [0.2, 0.25) is 6.32 Å². The molecule has 8 heavy (non-hydrogen) atoms. The van der Waals surface area contributed by atoms with Crippen LogP contribution in [0.25, 0.3) is 0 Å². The normalized spacial score (nSPS) is 10.0. The first-order valence-electron chi connectivity index (χ1n) is 3.27. The van der Waals surface area contributed by atoms with E-state index in [9.17, 15) is 0 Å². The van der Waals surface area contributed by atoms with Gasteiger partial charge in [0.15, 0.2) is 0 Å². The van der Waals surface area contributed by atoms with Crippen molar-refractivity contribution in [3.05, 3.63) is 0 Å². The number of nitrogens with zero attached hydrogens (tertiary/aromatic N) is 1. The third-order valence-electron chi connectivity index (χ3n) is 1.05. The second kappa shape index (κ2) is 5.17. The maximum atomic E-state index is 2.21. The van der Waals surface area contributed by atoms with Crippen molar-refractivity contribution in [3.63, 3.8) is 0 Å². The van der Waals surface area contributed by atoms with E-state index in [1.807, 2.05) is 0 Å². The second-order valence-corrected chi connectivity index (χ2v) is 2.29. The first-order chi connectivity index (χ1) is 3.77. The van der Waals surface area contributed by atoms with Crippen molar-refractivity contribution in [3.8, 4) is 0 Å². The number of hydrogen-bond donors (Lipinski definition) is 0. The minimum absolute atomic E-state index is 1.23. The van der Waals surface area contributed by atoms with Crippen LogP contribution in [0.4, 0.5) is 0 Å². The molecular weight excluding hydrogens is 96.9 g/mol. The third kappa shape index (κ3) is 6.02. The molecule has 0 saturated heterocycles. The SMILES string of the molecule is CCCC[B]N(C)C. The fourth-order valence-electron chi connectivity index (χ4n) is 0.554. The quantitative estimate of drug-likeness (QED) is 0.392. The van der Waals surface area contributed by atoms with Crippen LogP contribution in [0.1, 0.15) is 19.8 Å². The van der Waals surface area contributed by atoms with Crippen molar-refractivity contribution in [1.82, 2.24) is 4.81 Å². The lowest BCUT2D eigenvalue weighted by Gasteiger charge is -2.04. The highest BCUT2D eigenvalue weighted by Crippen LogP contribution is 1.92. The van der Waals surface area contributed by atoms with E-state index in [-0.39, 0.29) is 0 Å². The molecule has 0 atom stereocenters. The molecule has 0 unspecified atom stereocenters. The minimum atomic E-state index is 1.23. The molecule has 1 radical (unpaired) electrons. The van der Waals surface area contributed by atoms with E-state index in [1.54, 1.807) is 0 Å². The van der Waals surface area contributed by atoms with Crippen molar-refractivity contribution in [2.24, 2.45) is 0 Å². The van der Waals surface area contributed by atoms with Gasteiger partial charge in [-0.1, -0.05) is 26.1 Å². The molecule has 0 heterocycles. The zero-order valence-corrected chi connectivity index (χ0v) is 6.15. The molecule has 1 nitrogen and oxygen atoms in total. The van der Waals surface area contributed by atoms with Crippen molar-refractivity contribution >= 4 is 7.41 Å². The maximum Gasteiger partial charge on any atom is 0.207 e. The number of unbranched alkanes of at least 4 members (excludes halogenated alkanes) is 1. The molecular formula is C6H15BN. The monoisotopic (exact) mass is 112 g/mol. The van der Waals surface area contributed by atoms with Gasteiger partial charge in [0, 0.05) is 0 Å². The molecule has 0 aliphatic heterocycles. The lowest BCUT2D eigenvalue weighted by Crippen LogP contribution is -2.16. The molecule has 0 bridgehead atoms. The van der Waals surface area contributed by atoms with Crippen LogP contribution in [-0.4, -0.2) is 26.3 Å². The van der Waals surface area contributed by atoms with Gasteiger partial charge in [-0.25, -0.2) is 0 Å². The summed E-state index contributed by atoms with van der Waals surface area (Å²) in [5.41, 5.74) is 0. The topological polar surface area (TPSA) is 3.24 Å². The number of hydrogen-bond acceptors (Lipinski definition) is 1. The molecule has 0 aromatic rings. The molecule has 0 amide bonds. The largest absolute Gasteiger partial charge is 0.352 e. The van der Waals surface area contributed by atoms with E-state index >= 15 is 0 Å².